The third-order valence-corrected chi connectivity index (χ3v) is 4.82. The molecule has 1 aromatic rings. The lowest BCUT2D eigenvalue weighted by Crippen LogP contribution is -2.37. The van der Waals surface area contributed by atoms with Gasteiger partial charge in [-0.3, -0.25) is 0 Å². The molecule has 154 valence electrons. The van der Waals surface area contributed by atoms with Crippen molar-refractivity contribution in [2.75, 3.05) is 39.8 Å². The number of methoxy groups -OCH3 is 1. The van der Waals surface area contributed by atoms with Gasteiger partial charge in [0.25, 0.3) is 0 Å². The summed E-state index contributed by atoms with van der Waals surface area (Å²) in [6, 6.07) is 8.08. The number of benzene rings is 1. The number of nitrogens with one attached hydrogen (secondary N) is 2. The van der Waals surface area contributed by atoms with Gasteiger partial charge in [0.05, 0.1) is 13.7 Å². The molecule has 2 N–H and O–H groups in total. The van der Waals surface area contributed by atoms with Gasteiger partial charge in [-0.1, -0.05) is 25.0 Å². The fourth-order valence-electron chi connectivity index (χ4n) is 3.27. The van der Waals surface area contributed by atoms with Gasteiger partial charge in [0.2, 0.25) is 0 Å². The van der Waals surface area contributed by atoms with Crippen LogP contribution in [-0.4, -0.2) is 50.7 Å². The highest BCUT2D eigenvalue weighted by atomic mass is 127. The average Bonchev–Trinajstić information content (AvgIpc) is 2.69. The van der Waals surface area contributed by atoms with Gasteiger partial charge in [-0.15, -0.1) is 24.0 Å². The Balaban J connectivity index is 0.00000364. The molecule has 1 aliphatic rings. The molecule has 1 heterocycles. The van der Waals surface area contributed by atoms with Gasteiger partial charge < -0.3 is 20.3 Å². The zero-order valence-electron chi connectivity index (χ0n) is 17.0. The largest absolute Gasteiger partial charge is 0.497 e. The summed E-state index contributed by atoms with van der Waals surface area (Å²) >= 11 is 0. The number of rotatable bonds is 10. The van der Waals surface area contributed by atoms with Gasteiger partial charge in [0.15, 0.2) is 5.96 Å². The van der Waals surface area contributed by atoms with Gasteiger partial charge in [-0.25, -0.2) is 4.99 Å². The fourth-order valence-corrected chi connectivity index (χ4v) is 3.27. The van der Waals surface area contributed by atoms with Crippen molar-refractivity contribution in [3.8, 4) is 5.75 Å². The van der Waals surface area contributed by atoms with E-state index in [-0.39, 0.29) is 24.0 Å². The minimum atomic E-state index is 0. The van der Waals surface area contributed by atoms with Crippen molar-refractivity contribution in [1.29, 1.82) is 0 Å². The van der Waals surface area contributed by atoms with Crippen LogP contribution in [-0.2, 0) is 6.54 Å². The van der Waals surface area contributed by atoms with Crippen LogP contribution >= 0.6 is 24.0 Å². The van der Waals surface area contributed by atoms with Gasteiger partial charge in [0, 0.05) is 13.1 Å². The SMILES string of the molecule is CCNC(=NCc1ccc(OC)cc1)NCCCCCN1CCCCC1.I. The molecule has 5 nitrogen and oxygen atoms in total. The molecule has 0 bridgehead atoms. The van der Waals surface area contributed by atoms with Crippen molar-refractivity contribution in [3.05, 3.63) is 29.8 Å². The molecule has 1 fully saturated rings. The van der Waals surface area contributed by atoms with E-state index in [1.165, 1.54) is 63.7 Å². The molecular weight excluding hydrogens is 451 g/mol. The monoisotopic (exact) mass is 488 g/mol. The molecule has 27 heavy (non-hydrogen) atoms. The maximum absolute atomic E-state index is 5.19. The molecular formula is C21H37IN4O. The highest BCUT2D eigenvalue weighted by Crippen LogP contribution is 2.12. The van der Waals surface area contributed by atoms with Gasteiger partial charge in [0.1, 0.15) is 5.75 Å². The Hall–Kier alpha value is -1.02. The number of unbranched alkanes of at least 4 members (excludes halogenated alkanes) is 2. The minimum Gasteiger partial charge on any atom is -0.497 e. The maximum atomic E-state index is 5.19. The average molecular weight is 488 g/mol. The van der Waals surface area contributed by atoms with Crippen LogP contribution < -0.4 is 15.4 Å². The molecule has 0 amide bonds. The summed E-state index contributed by atoms with van der Waals surface area (Å²) in [5, 5.41) is 6.78. The Morgan fingerprint density at radius 2 is 1.78 bits per heavy atom. The Kier molecular flexibility index (Phi) is 13.3. The van der Waals surface area contributed by atoms with E-state index in [9.17, 15) is 0 Å². The van der Waals surface area contributed by atoms with E-state index < -0.39 is 0 Å². The number of hydrogen-bond acceptors (Lipinski definition) is 3. The van der Waals surface area contributed by atoms with E-state index in [0.29, 0.717) is 6.54 Å². The zero-order chi connectivity index (χ0) is 18.5. The van der Waals surface area contributed by atoms with Crippen molar-refractivity contribution in [2.45, 2.75) is 52.0 Å². The standard InChI is InChI=1S/C21H36N4O.HI/c1-3-22-21(24-18-19-10-12-20(26-2)13-11-19)23-14-6-4-7-15-25-16-8-5-9-17-25;/h10-13H,3-9,14-18H2,1-2H3,(H2,22,23,24);1H. The first-order valence-electron chi connectivity index (χ1n) is 10.2. The fraction of sp³-hybridized carbons (Fsp3) is 0.667. The molecule has 6 heteroatoms. The number of hydrogen-bond donors (Lipinski definition) is 2. The van der Waals surface area contributed by atoms with Gasteiger partial charge in [-0.2, -0.15) is 0 Å². The molecule has 0 atom stereocenters. The van der Waals surface area contributed by atoms with Crippen molar-refractivity contribution in [1.82, 2.24) is 15.5 Å². The van der Waals surface area contributed by atoms with Crippen LogP contribution in [0.3, 0.4) is 0 Å². The Morgan fingerprint density at radius 3 is 2.44 bits per heavy atom. The molecule has 0 spiro atoms. The van der Waals surface area contributed by atoms with Crippen LogP contribution in [0.15, 0.2) is 29.3 Å². The molecule has 0 saturated carbocycles. The number of nitrogens with zero attached hydrogens (tertiary/aromatic N) is 2. The van der Waals surface area contributed by atoms with Crippen LogP contribution in [0.2, 0.25) is 0 Å². The highest BCUT2D eigenvalue weighted by Gasteiger charge is 2.08. The lowest BCUT2D eigenvalue weighted by molar-refractivity contribution is 0.224. The van der Waals surface area contributed by atoms with E-state index in [1.54, 1.807) is 7.11 Å². The summed E-state index contributed by atoms with van der Waals surface area (Å²) in [6.07, 6.45) is 7.98. The normalized spacial score (nSPS) is 15.1. The number of halogens is 1. The van der Waals surface area contributed by atoms with E-state index >= 15 is 0 Å². The Labute approximate surface area is 182 Å². The summed E-state index contributed by atoms with van der Waals surface area (Å²) in [5.74, 6) is 1.78. The topological polar surface area (TPSA) is 48.9 Å². The first-order valence-corrected chi connectivity index (χ1v) is 10.2. The maximum Gasteiger partial charge on any atom is 0.191 e. The summed E-state index contributed by atoms with van der Waals surface area (Å²) in [5.41, 5.74) is 1.18. The molecule has 0 aromatic heterocycles. The lowest BCUT2D eigenvalue weighted by atomic mass is 10.1. The molecule has 2 rings (SSSR count). The van der Waals surface area contributed by atoms with Crippen LogP contribution in [0.25, 0.3) is 0 Å². The third kappa shape index (κ3) is 10.2. The highest BCUT2D eigenvalue weighted by molar-refractivity contribution is 14.0. The molecule has 0 aliphatic carbocycles. The molecule has 1 aromatic carbocycles. The Bertz CT molecular complexity index is 515. The van der Waals surface area contributed by atoms with E-state index in [1.807, 2.05) is 12.1 Å². The number of ether oxygens (including phenoxy) is 1. The predicted molar refractivity (Wildman–Crippen MR) is 125 cm³/mol. The quantitative estimate of drug-likeness (QED) is 0.226. The molecule has 1 saturated heterocycles. The van der Waals surface area contributed by atoms with E-state index in [2.05, 4.69) is 39.6 Å². The van der Waals surface area contributed by atoms with Crippen molar-refractivity contribution in [2.24, 2.45) is 4.99 Å². The third-order valence-electron chi connectivity index (χ3n) is 4.82. The second-order valence-corrected chi connectivity index (χ2v) is 6.93. The van der Waals surface area contributed by atoms with Crippen LogP contribution in [0, 0.1) is 0 Å². The number of guanidine groups is 1. The van der Waals surface area contributed by atoms with Crippen LogP contribution in [0.5, 0.6) is 5.75 Å². The van der Waals surface area contributed by atoms with Crippen LogP contribution in [0.1, 0.15) is 51.0 Å². The van der Waals surface area contributed by atoms with Crippen molar-refractivity contribution < 1.29 is 4.74 Å². The van der Waals surface area contributed by atoms with Crippen molar-refractivity contribution >= 4 is 29.9 Å². The summed E-state index contributed by atoms with van der Waals surface area (Å²) in [6.45, 7) is 8.52. The minimum absolute atomic E-state index is 0. The summed E-state index contributed by atoms with van der Waals surface area (Å²) < 4.78 is 5.19. The second-order valence-electron chi connectivity index (χ2n) is 6.93. The summed E-state index contributed by atoms with van der Waals surface area (Å²) in [4.78, 5) is 7.30. The molecule has 1 aliphatic heterocycles. The van der Waals surface area contributed by atoms with Crippen LogP contribution in [0.4, 0.5) is 0 Å². The lowest BCUT2D eigenvalue weighted by Gasteiger charge is -2.26. The number of aliphatic imine (C=N–C) groups is 1. The molecule has 0 unspecified atom stereocenters. The smallest absolute Gasteiger partial charge is 0.191 e. The zero-order valence-corrected chi connectivity index (χ0v) is 19.3. The van der Waals surface area contributed by atoms with Gasteiger partial charge >= 0.3 is 0 Å². The first-order chi connectivity index (χ1) is 12.8. The van der Waals surface area contributed by atoms with Gasteiger partial charge in [-0.05, 0) is 69.9 Å². The summed E-state index contributed by atoms with van der Waals surface area (Å²) in [7, 11) is 1.69. The van der Waals surface area contributed by atoms with Crippen molar-refractivity contribution in [3.63, 3.8) is 0 Å². The van der Waals surface area contributed by atoms with E-state index in [0.717, 1.165) is 24.8 Å². The number of likely N-dealkylation sites (tertiary alicyclic amines) is 1. The second kappa shape index (κ2) is 15.0. The number of piperidine rings is 1. The Morgan fingerprint density at radius 1 is 1.04 bits per heavy atom. The molecule has 0 radical (unpaired) electrons. The van der Waals surface area contributed by atoms with E-state index in [4.69, 9.17) is 4.74 Å². The first kappa shape index (κ1) is 24.0. The predicted octanol–water partition coefficient (Wildman–Crippen LogP) is 4.02.